The molecule has 0 saturated carbocycles. The Morgan fingerprint density at radius 2 is 1.90 bits per heavy atom. The second-order valence-electron chi connectivity index (χ2n) is 10.3. The average Bonchev–Trinajstić information content (AvgIpc) is 3.10. The number of aromatic nitrogens is 1. The van der Waals surface area contributed by atoms with E-state index in [1.165, 1.54) is 19.2 Å². The molecule has 5 nitrogen and oxygen atoms in total. The first-order valence-electron chi connectivity index (χ1n) is 13.2. The van der Waals surface area contributed by atoms with Gasteiger partial charge in [-0.3, -0.25) is 4.39 Å². The summed E-state index contributed by atoms with van der Waals surface area (Å²) >= 11 is 0. The summed E-state index contributed by atoms with van der Waals surface area (Å²) in [5.41, 5.74) is 4.69. The molecule has 1 aromatic heterocycles. The lowest BCUT2D eigenvalue weighted by atomic mass is 9.86. The van der Waals surface area contributed by atoms with Gasteiger partial charge in [0.2, 0.25) is 5.88 Å². The van der Waals surface area contributed by atoms with Crippen LogP contribution in [0.1, 0.15) is 57.4 Å². The highest BCUT2D eigenvalue weighted by molar-refractivity contribution is 6.00. The van der Waals surface area contributed by atoms with E-state index in [0.29, 0.717) is 65.9 Å². The minimum Gasteiger partial charge on any atom is -0.481 e. The second-order valence-corrected chi connectivity index (χ2v) is 10.3. The van der Waals surface area contributed by atoms with Crippen LogP contribution < -0.4 is 4.74 Å². The van der Waals surface area contributed by atoms with Crippen LogP contribution in [-0.4, -0.2) is 54.4 Å². The second kappa shape index (κ2) is 11.6. The summed E-state index contributed by atoms with van der Waals surface area (Å²) in [5, 5.41) is 9.53. The minimum atomic E-state index is -1.02. The highest BCUT2D eigenvalue weighted by Crippen LogP contribution is 2.41. The molecular weight excluding hydrogens is 505 g/mol. The van der Waals surface area contributed by atoms with Crippen LogP contribution in [0.2, 0.25) is 0 Å². The predicted octanol–water partition coefficient (Wildman–Crippen LogP) is 6.20. The Hall–Kier alpha value is -3.65. The van der Waals surface area contributed by atoms with E-state index in [1.54, 1.807) is 24.3 Å². The molecule has 2 heterocycles. The number of methoxy groups -OCH3 is 1. The first kappa shape index (κ1) is 26.9. The Bertz CT molecular complexity index is 1420. The molecule has 1 fully saturated rings. The number of allylic oxidation sites excluding steroid dienone is 1. The average molecular weight is 537 g/mol. The van der Waals surface area contributed by atoms with Crippen molar-refractivity contribution in [3.05, 3.63) is 93.7 Å². The van der Waals surface area contributed by atoms with Crippen LogP contribution in [-0.2, 0) is 12.8 Å². The maximum Gasteiger partial charge on any atom is 0.335 e. The molecule has 5 rings (SSSR count). The van der Waals surface area contributed by atoms with Gasteiger partial charge in [0.25, 0.3) is 0 Å². The molecule has 204 valence electrons. The van der Waals surface area contributed by atoms with Gasteiger partial charge in [-0.25, -0.2) is 18.6 Å². The SMILES string of the molecule is COc1cc(C2=C(c3ccc(CC4CN(CCCF)C4)c(F)c3)c3ccc(C(=O)O)cc3CCC2)c(F)cn1. The number of alkyl halides is 1. The Morgan fingerprint density at radius 3 is 2.62 bits per heavy atom. The van der Waals surface area contributed by atoms with Crippen LogP contribution in [0.15, 0.2) is 48.7 Å². The van der Waals surface area contributed by atoms with Crippen LogP contribution >= 0.6 is 0 Å². The van der Waals surface area contributed by atoms with E-state index in [-0.39, 0.29) is 23.9 Å². The summed E-state index contributed by atoms with van der Waals surface area (Å²) < 4.78 is 48.4. The van der Waals surface area contributed by atoms with Crippen molar-refractivity contribution in [2.24, 2.45) is 5.92 Å². The third kappa shape index (κ3) is 5.71. The van der Waals surface area contributed by atoms with E-state index in [2.05, 4.69) is 9.88 Å². The van der Waals surface area contributed by atoms with Crippen molar-refractivity contribution in [3.8, 4) is 5.88 Å². The fraction of sp³-hybridized carbons (Fsp3) is 0.355. The standard InChI is InChI=1S/C31H31F3N2O3/c1-39-29-15-26(28(34)16-35-29)25-5-2-4-20-13-23(31(37)38)8-9-24(20)30(25)22-7-6-21(27(33)14-22)12-19-17-36(18-19)11-3-10-32/h6-9,13-16,19H,2-5,10-12,17-18H2,1H3,(H,37,38). The van der Waals surface area contributed by atoms with E-state index < -0.39 is 11.8 Å². The number of aryl methyl sites for hydroxylation is 1. The lowest BCUT2D eigenvalue weighted by Gasteiger charge is -2.39. The van der Waals surface area contributed by atoms with Crippen LogP contribution in [0.5, 0.6) is 5.88 Å². The normalized spacial score (nSPS) is 16.0. The zero-order chi connectivity index (χ0) is 27.5. The van der Waals surface area contributed by atoms with Crippen LogP contribution in [0.25, 0.3) is 11.1 Å². The molecule has 39 heavy (non-hydrogen) atoms. The summed E-state index contributed by atoms with van der Waals surface area (Å²) in [4.78, 5) is 17.8. The van der Waals surface area contributed by atoms with Gasteiger partial charge in [0.05, 0.1) is 25.5 Å². The number of aromatic carboxylic acids is 1. The van der Waals surface area contributed by atoms with E-state index in [1.807, 2.05) is 6.07 Å². The van der Waals surface area contributed by atoms with E-state index in [4.69, 9.17) is 4.74 Å². The smallest absolute Gasteiger partial charge is 0.335 e. The lowest BCUT2D eigenvalue weighted by Crippen LogP contribution is -2.48. The Labute approximate surface area is 225 Å². The first-order valence-corrected chi connectivity index (χ1v) is 13.2. The zero-order valence-corrected chi connectivity index (χ0v) is 21.9. The molecule has 2 aliphatic rings. The van der Waals surface area contributed by atoms with Gasteiger partial charge in [-0.1, -0.05) is 18.2 Å². The van der Waals surface area contributed by atoms with Crippen molar-refractivity contribution < 1.29 is 27.8 Å². The Balaban J connectivity index is 1.56. The van der Waals surface area contributed by atoms with Crippen LogP contribution in [0.4, 0.5) is 13.2 Å². The molecule has 3 aromatic rings. The number of fused-ring (bicyclic) bond motifs is 1. The molecule has 1 aliphatic heterocycles. The molecule has 0 spiro atoms. The van der Waals surface area contributed by atoms with E-state index in [9.17, 15) is 14.3 Å². The number of carbonyl (C=O) groups is 1. The van der Waals surface area contributed by atoms with E-state index >= 15 is 8.78 Å². The number of halogens is 3. The zero-order valence-electron chi connectivity index (χ0n) is 21.9. The number of ether oxygens (including phenoxy) is 1. The third-order valence-corrected chi connectivity index (χ3v) is 7.65. The number of hydrogen-bond acceptors (Lipinski definition) is 4. The van der Waals surface area contributed by atoms with Gasteiger partial charge in [0, 0.05) is 31.3 Å². The molecule has 0 amide bonds. The van der Waals surface area contributed by atoms with Gasteiger partial charge in [-0.2, -0.15) is 0 Å². The maximum atomic E-state index is 15.5. The molecule has 0 atom stereocenters. The van der Waals surface area contributed by atoms with Crippen molar-refractivity contribution in [1.82, 2.24) is 9.88 Å². The van der Waals surface area contributed by atoms with Gasteiger partial charge in [-0.15, -0.1) is 0 Å². The first-order chi connectivity index (χ1) is 18.9. The molecule has 1 saturated heterocycles. The van der Waals surface area contributed by atoms with Crippen LogP contribution in [0, 0.1) is 17.6 Å². The number of carboxylic acid groups (broad SMARTS) is 1. The summed E-state index contributed by atoms with van der Waals surface area (Å²) in [5.74, 6) is -1.26. The predicted molar refractivity (Wildman–Crippen MR) is 144 cm³/mol. The molecular formula is C31H31F3N2O3. The fourth-order valence-corrected chi connectivity index (χ4v) is 5.73. The van der Waals surface area contributed by atoms with Crippen molar-refractivity contribution in [1.29, 1.82) is 0 Å². The van der Waals surface area contributed by atoms with Crippen LogP contribution in [0.3, 0.4) is 0 Å². The van der Waals surface area contributed by atoms with Gasteiger partial charge >= 0.3 is 5.97 Å². The number of rotatable bonds is 9. The summed E-state index contributed by atoms with van der Waals surface area (Å²) in [6, 6.07) is 11.6. The molecule has 2 aromatic carbocycles. The summed E-state index contributed by atoms with van der Waals surface area (Å²) in [7, 11) is 1.46. The van der Waals surface area contributed by atoms with Gasteiger partial charge in [-0.05, 0) is 89.6 Å². The quantitative estimate of drug-likeness (QED) is 0.353. The van der Waals surface area contributed by atoms with Crippen molar-refractivity contribution in [2.45, 2.75) is 32.1 Å². The monoisotopic (exact) mass is 536 g/mol. The highest BCUT2D eigenvalue weighted by Gasteiger charge is 2.28. The van der Waals surface area contributed by atoms with Gasteiger partial charge in [0.15, 0.2) is 0 Å². The molecule has 0 bridgehead atoms. The fourth-order valence-electron chi connectivity index (χ4n) is 5.73. The van der Waals surface area contributed by atoms with Crippen molar-refractivity contribution >= 4 is 17.1 Å². The van der Waals surface area contributed by atoms with Gasteiger partial charge < -0.3 is 14.7 Å². The lowest BCUT2D eigenvalue weighted by molar-refractivity contribution is 0.0696. The summed E-state index contributed by atoms with van der Waals surface area (Å²) in [6.45, 7) is 2.06. The Morgan fingerprint density at radius 1 is 1.08 bits per heavy atom. The molecule has 1 N–H and O–H groups in total. The Kier molecular flexibility index (Phi) is 8.02. The highest BCUT2D eigenvalue weighted by atomic mass is 19.1. The van der Waals surface area contributed by atoms with Gasteiger partial charge in [0.1, 0.15) is 11.6 Å². The number of hydrogen-bond donors (Lipinski definition) is 1. The van der Waals surface area contributed by atoms with Crippen molar-refractivity contribution in [3.63, 3.8) is 0 Å². The van der Waals surface area contributed by atoms with Crippen molar-refractivity contribution in [2.75, 3.05) is 33.4 Å². The molecule has 0 radical (unpaired) electrons. The largest absolute Gasteiger partial charge is 0.481 e. The number of benzene rings is 2. The third-order valence-electron chi connectivity index (χ3n) is 7.65. The maximum absolute atomic E-state index is 15.5. The molecule has 8 heteroatoms. The number of carboxylic acids is 1. The topological polar surface area (TPSA) is 62.7 Å². The van der Waals surface area contributed by atoms with E-state index in [0.717, 1.165) is 37.0 Å². The minimum absolute atomic E-state index is 0.177. The summed E-state index contributed by atoms with van der Waals surface area (Å²) in [6.07, 6.45) is 4.02. The number of pyridine rings is 1. The number of likely N-dealkylation sites (tertiary alicyclic amines) is 1. The molecule has 0 unspecified atom stereocenters. The molecule has 1 aliphatic carbocycles. The number of nitrogens with zero attached hydrogens (tertiary/aromatic N) is 2.